The summed E-state index contributed by atoms with van der Waals surface area (Å²) in [6, 6.07) is 7.41. The van der Waals surface area contributed by atoms with E-state index in [1.807, 2.05) is 6.07 Å². The summed E-state index contributed by atoms with van der Waals surface area (Å²) in [6.07, 6.45) is 0.613. The predicted molar refractivity (Wildman–Crippen MR) is 76.5 cm³/mol. The van der Waals surface area contributed by atoms with Gasteiger partial charge in [-0.3, -0.25) is 4.79 Å². The second kappa shape index (κ2) is 7.03. The average Bonchev–Trinajstić information content (AvgIpc) is 2.56. The zero-order valence-electron chi connectivity index (χ0n) is 12.3. The third kappa shape index (κ3) is 3.42. The molecule has 1 fully saturated rings. The molecule has 0 N–H and O–H groups in total. The molecule has 0 radical (unpaired) electrons. The summed E-state index contributed by atoms with van der Waals surface area (Å²) < 4.78 is 17.6. The number of Topliss-reactive ketones (excluding diaryl/α,β-unsaturated/α-hetero) is 1. The fourth-order valence-electron chi connectivity index (χ4n) is 2.67. The molecular formula is C16H17FN2O3. The molecule has 1 amide bonds. The summed E-state index contributed by atoms with van der Waals surface area (Å²) in [5.74, 6) is -1.73. The molecule has 0 aromatic heterocycles. The molecule has 0 aliphatic carbocycles. The Hall–Kier alpha value is -2.42. The summed E-state index contributed by atoms with van der Waals surface area (Å²) in [6.45, 7) is 0.870. The van der Waals surface area contributed by atoms with Gasteiger partial charge in [0.2, 0.25) is 0 Å². The van der Waals surface area contributed by atoms with Crippen molar-refractivity contribution in [2.24, 2.45) is 5.92 Å². The Labute approximate surface area is 128 Å². The molecule has 0 bridgehead atoms. The van der Waals surface area contributed by atoms with E-state index in [0.717, 1.165) is 0 Å². The van der Waals surface area contributed by atoms with E-state index < -0.39 is 17.8 Å². The summed E-state index contributed by atoms with van der Waals surface area (Å²) in [5, 5.41) is 9.28. The number of carbonyl (C=O) groups is 2. The molecule has 1 aliphatic rings. The van der Waals surface area contributed by atoms with Gasteiger partial charge in [0.15, 0.2) is 5.78 Å². The van der Waals surface area contributed by atoms with Crippen molar-refractivity contribution in [2.45, 2.75) is 18.8 Å². The van der Waals surface area contributed by atoms with Crippen LogP contribution in [0.2, 0.25) is 0 Å². The zero-order valence-corrected chi connectivity index (χ0v) is 12.3. The lowest BCUT2D eigenvalue weighted by atomic mass is 9.83. The minimum atomic E-state index is -0.893. The SMILES string of the molecule is COC(=O)N1CCC(C(=O)C(C#N)c2ccc(F)cc2)CC1. The minimum absolute atomic E-state index is 0.168. The second-order valence-electron chi connectivity index (χ2n) is 5.25. The van der Waals surface area contributed by atoms with E-state index in [2.05, 4.69) is 4.74 Å². The van der Waals surface area contributed by atoms with E-state index in [4.69, 9.17) is 0 Å². The van der Waals surface area contributed by atoms with E-state index in [9.17, 15) is 19.2 Å². The van der Waals surface area contributed by atoms with Crippen LogP contribution >= 0.6 is 0 Å². The maximum Gasteiger partial charge on any atom is 0.409 e. The first-order valence-corrected chi connectivity index (χ1v) is 7.08. The van der Waals surface area contributed by atoms with Gasteiger partial charge in [-0.2, -0.15) is 5.26 Å². The molecular weight excluding hydrogens is 287 g/mol. The number of rotatable bonds is 3. The Balaban J connectivity index is 2.03. The highest BCUT2D eigenvalue weighted by atomic mass is 19.1. The number of likely N-dealkylation sites (tertiary alicyclic amines) is 1. The van der Waals surface area contributed by atoms with Crippen molar-refractivity contribution in [1.82, 2.24) is 4.90 Å². The number of carbonyl (C=O) groups excluding carboxylic acids is 2. The number of amides is 1. The topological polar surface area (TPSA) is 70.4 Å². The Kier molecular flexibility index (Phi) is 5.10. The lowest BCUT2D eigenvalue weighted by molar-refractivity contribution is -0.124. The molecule has 116 valence electrons. The normalized spacial score (nSPS) is 16.7. The summed E-state index contributed by atoms with van der Waals surface area (Å²) in [4.78, 5) is 25.5. The number of methoxy groups -OCH3 is 1. The maximum atomic E-state index is 12.9. The summed E-state index contributed by atoms with van der Waals surface area (Å²) in [5.41, 5.74) is 0.504. The van der Waals surface area contributed by atoms with Gasteiger partial charge in [0.25, 0.3) is 0 Å². The molecule has 2 rings (SSSR count). The molecule has 5 nitrogen and oxygen atoms in total. The van der Waals surface area contributed by atoms with E-state index in [1.165, 1.54) is 31.4 Å². The van der Waals surface area contributed by atoms with Gasteiger partial charge in [0, 0.05) is 19.0 Å². The minimum Gasteiger partial charge on any atom is -0.453 e. The Morgan fingerprint density at radius 1 is 1.32 bits per heavy atom. The van der Waals surface area contributed by atoms with Crippen LogP contribution in [-0.2, 0) is 9.53 Å². The Bertz CT molecular complexity index is 586. The molecule has 0 spiro atoms. The quantitative estimate of drug-likeness (QED) is 0.860. The molecule has 1 aromatic carbocycles. The third-order valence-corrected chi connectivity index (χ3v) is 3.95. The third-order valence-electron chi connectivity index (χ3n) is 3.95. The van der Waals surface area contributed by atoms with Crippen LogP contribution in [0.4, 0.5) is 9.18 Å². The van der Waals surface area contributed by atoms with E-state index >= 15 is 0 Å². The van der Waals surface area contributed by atoms with Gasteiger partial charge in [-0.15, -0.1) is 0 Å². The van der Waals surface area contributed by atoms with Crippen LogP contribution in [0.5, 0.6) is 0 Å². The van der Waals surface area contributed by atoms with E-state index in [1.54, 1.807) is 4.90 Å². The van der Waals surface area contributed by atoms with Crippen LogP contribution < -0.4 is 0 Å². The van der Waals surface area contributed by atoms with Crippen LogP contribution in [0.1, 0.15) is 24.3 Å². The first-order valence-electron chi connectivity index (χ1n) is 7.08. The average molecular weight is 304 g/mol. The number of halogens is 1. The number of hydrogen-bond acceptors (Lipinski definition) is 4. The van der Waals surface area contributed by atoms with Crippen LogP contribution in [0, 0.1) is 23.1 Å². The molecule has 0 saturated carbocycles. The van der Waals surface area contributed by atoms with Gasteiger partial charge in [-0.25, -0.2) is 9.18 Å². The number of ketones is 1. The zero-order chi connectivity index (χ0) is 16.1. The lowest BCUT2D eigenvalue weighted by Gasteiger charge is -2.30. The van der Waals surface area contributed by atoms with Gasteiger partial charge in [-0.1, -0.05) is 12.1 Å². The smallest absolute Gasteiger partial charge is 0.409 e. The lowest BCUT2D eigenvalue weighted by Crippen LogP contribution is -2.41. The molecule has 1 unspecified atom stereocenters. The molecule has 1 aliphatic heterocycles. The van der Waals surface area contributed by atoms with Gasteiger partial charge >= 0.3 is 6.09 Å². The van der Waals surface area contributed by atoms with Crippen molar-refractivity contribution in [3.8, 4) is 6.07 Å². The number of nitriles is 1. The first-order chi connectivity index (χ1) is 10.6. The van der Waals surface area contributed by atoms with E-state index in [0.29, 0.717) is 31.5 Å². The molecule has 22 heavy (non-hydrogen) atoms. The summed E-state index contributed by atoms with van der Waals surface area (Å²) in [7, 11) is 1.32. The van der Waals surface area contributed by atoms with Crippen molar-refractivity contribution in [1.29, 1.82) is 5.26 Å². The van der Waals surface area contributed by atoms with Crippen LogP contribution in [0.3, 0.4) is 0 Å². The molecule has 6 heteroatoms. The Morgan fingerprint density at radius 2 is 1.91 bits per heavy atom. The molecule has 1 atom stereocenters. The van der Waals surface area contributed by atoms with Crippen LogP contribution in [0.15, 0.2) is 24.3 Å². The number of ether oxygens (including phenoxy) is 1. The number of benzene rings is 1. The van der Waals surface area contributed by atoms with Crippen molar-refractivity contribution in [3.63, 3.8) is 0 Å². The molecule has 1 saturated heterocycles. The number of nitrogens with zero attached hydrogens (tertiary/aromatic N) is 2. The standard InChI is InChI=1S/C16H17FN2O3/c1-22-16(21)19-8-6-12(7-9-19)15(20)14(10-18)11-2-4-13(17)5-3-11/h2-5,12,14H,6-9H2,1H3. The van der Waals surface area contributed by atoms with Crippen LogP contribution in [0.25, 0.3) is 0 Å². The predicted octanol–water partition coefficient (Wildman–Crippen LogP) is 2.48. The number of hydrogen-bond donors (Lipinski definition) is 0. The largest absolute Gasteiger partial charge is 0.453 e. The highest BCUT2D eigenvalue weighted by Gasteiger charge is 2.32. The van der Waals surface area contributed by atoms with E-state index in [-0.39, 0.29) is 11.7 Å². The summed E-state index contributed by atoms with van der Waals surface area (Å²) >= 11 is 0. The second-order valence-corrected chi connectivity index (χ2v) is 5.25. The first kappa shape index (κ1) is 16.0. The fraction of sp³-hybridized carbons (Fsp3) is 0.438. The van der Waals surface area contributed by atoms with Crippen molar-refractivity contribution in [2.75, 3.05) is 20.2 Å². The molecule has 1 heterocycles. The monoisotopic (exact) mass is 304 g/mol. The van der Waals surface area contributed by atoms with Crippen molar-refractivity contribution >= 4 is 11.9 Å². The highest BCUT2D eigenvalue weighted by Crippen LogP contribution is 2.27. The van der Waals surface area contributed by atoms with Crippen LogP contribution in [-0.4, -0.2) is 37.0 Å². The maximum absolute atomic E-state index is 12.9. The van der Waals surface area contributed by atoms with Crippen molar-refractivity contribution in [3.05, 3.63) is 35.6 Å². The highest BCUT2D eigenvalue weighted by molar-refractivity contribution is 5.90. The van der Waals surface area contributed by atoms with Gasteiger partial charge in [0.1, 0.15) is 11.7 Å². The van der Waals surface area contributed by atoms with Gasteiger partial charge < -0.3 is 9.64 Å². The van der Waals surface area contributed by atoms with Gasteiger partial charge in [0.05, 0.1) is 13.2 Å². The fourth-order valence-corrected chi connectivity index (χ4v) is 2.67. The Morgan fingerprint density at radius 3 is 2.41 bits per heavy atom. The molecule has 1 aromatic rings. The van der Waals surface area contributed by atoms with Crippen molar-refractivity contribution < 1.29 is 18.7 Å². The number of piperidine rings is 1. The van der Waals surface area contributed by atoms with Gasteiger partial charge in [-0.05, 0) is 30.5 Å².